The van der Waals surface area contributed by atoms with Crippen LogP contribution in [0.4, 0.5) is 4.39 Å². The van der Waals surface area contributed by atoms with Gasteiger partial charge in [-0.2, -0.15) is 0 Å². The van der Waals surface area contributed by atoms with Crippen LogP contribution >= 0.6 is 11.6 Å². The van der Waals surface area contributed by atoms with Gasteiger partial charge < -0.3 is 5.73 Å². The van der Waals surface area contributed by atoms with Gasteiger partial charge in [0.2, 0.25) is 0 Å². The molecule has 0 aromatic heterocycles. The summed E-state index contributed by atoms with van der Waals surface area (Å²) in [7, 11) is 0. The highest BCUT2D eigenvalue weighted by Gasteiger charge is 2.15. The fraction of sp³-hybridized carbons (Fsp3) is 0.200. The van der Waals surface area contributed by atoms with E-state index >= 15 is 0 Å². The maximum atomic E-state index is 13.1. The number of hydrogen-bond acceptors (Lipinski definition) is 1. The minimum atomic E-state index is -0.335. The molecule has 0 aliphatic carbocycles. The van der Waals surface area contributed by atoms with E-state index in [1.807, 2.05) is 32.0 Å². The van der Waals surface area contributed by atoms with E-state index in [1.54, 1.807) is 6.07 Å². The lowest BCUT2D eigenvalue weighted by Gasteiger charge is -2.17. The summed E-state index contributed by atoms with van der Waals surface area (Å²) in [5.74, 6) is -0.251. The summed E-state index contributed by atoms with van der Waals surface area (Å²) in [4.78, 5) is 0. The summed E-state index contributed by atoms with van der Waals surface area (Å²) in [6.45, 7) is 3.79. The molecule has 0 amide bonds. The van der Waals surface area contributed by atoms with Crippen molar-refractivity contribution in [2.75, 3.05) is 0 Å². The zero-order chi connectivity index (χ0) is 13.3. The van der Waals surface area contributed by atoms with Crippen molar-refractivity contribution in [2.45, 2.75) is 19.9 Å². The molecular weight excluding hydrogens is 249 g/mol. The van der Waals surface area contributed by atoms with Gasteiger partial charge in [0.1, 0.15) is 5.82 Å². The molecule has 1 nitrogen and oxygen atoms in total. The average Bonchev–Trinajstić information content (AvgIpc) is 2.32. The summed E-state index contributed by atoms with van der Waals surface area (Å²) >= 11 is 6.27. The van der Waals surface area contributed by atoms with Gasteiger partial charge in [0.25, 0.3) is 0 Å². The summed E-state index contributed by atoms with van der Waals surface area (Å²) in [6.07, 6.45) is 0. The summed E-state index contributed by atoms with van der Waals surface area (Å²) in [5, 5.41) is 0.675. The predicted octanol–water partition coefficient (Wildman–Crippen LogP) is 4.14. The van der Waals surface area contributed by atoms with E-state index < -0.39 is 0 Å². The first-order chi connectivity index (χ1) is 8.50. The van der Waals surface area contributed by atoms with Crippen LogP contribution in [0.5, 0.6) is 0 Å². The highest BCUT2D eigenvalue weighted by Crippen LogP contribution is 2.30. The van der Waals surface area contributed by atoms with Crippen molar-refractivity contribution in [3.05, 3.63) is 69.5 Å². The second-order valence-corrected chi connectivity index (χ2v) is 4.83. The molecule has 2 N–H and O–H groups in total. The average molecular weight is 264 g/mol. The molecule has 0 spiro atoms. The van der Waals surface area contributed by atoms with Gasteiger partial charge in [0.15, 0.2) is 0 Å². The van der Waals surface area contributed by atoms with E-state index in [0.717, 1.165) is 22.3 Å². The minimum absolute atomic E-state index is 0.251. The van der Waals surface area contributed by atoms with Crippen molar-refractivity contribution < 1.29 is 4.39 Å². The molecule has 1 atom stereocenters. The number of nitrogens with two attached hydrogens (primary N) is 1. The number of halogens is 2. The lowest BCUT2D eigenvalue weighted by atomic mass is 9.94. The van der Waals surface area contributed by atoms with Crippen molar-refractivity contribution in [1.29, 1.82) is 0 Å². The normalized spacial score (nSPS) is 12.5. The fourth-order valence-electron chi connectivity index (χ4n) is 2.07. The number of hydrogen-bond donors (Lipinski definition) is 1. The van der Waals surface area contributed by atoms with Crippen molar-refractivity contribution >= 4 is 11.6 Å². The molecule has 0 fully saturated rings. The van der Waals surface area contributed by atoms with E-state index in [0.29, 0.717) is 5.02 Å². The Morgan fingerprint density at radius 2 is 1.78 bits per heavy atom. The smallest absolute Gasteiger partial charge is 0.123 e. The molecular formula is C15H15ClFN. The van der Waals surface area contributed by atoms with E-state index in [2.05, 4.69) is 0 Å². The third kappa shape index (κ3) is 2.40. The third-order valence-corrected chi connectivity index (χ3v) is 3.64. The maximum absolute atomic E-state index is 13.1. The van der Waals surface area contributed by atoms with Crippen molar-refractivity contribution in [3.8, 4) is 0 Å². The van der Waals surface area contributed by atoms with Crippen LogP contribution in [0.2, 0.25) is 5.02 Å². The lowest BCUT2D eigenvalue weighted by Crippen LogP contribution is -2.14. The highest BCUT2D eigenvalue weighted by molar-refractivity contribution is 6.32. The summed E-state index contributed by atoms with van der Waals surface area (Å²) in [6, 6.07) is 10.1. The molecule has 2 aromatic rings. The van der Waals surface area contributed by atoms with E-state index in [1.165, 1.54) is 12.1 Å². The van der Waals surface area contributed by atoms with Crippen LogP contribution in [0.3, 0.4) is 0 Å². The lowest BCUT2D eigenvalue weighted by molar-refractivity contribution is 0.624. The van der Waals surface area contributed by atoms with Gasteiger partial charge in [-0.15, -0.1) is 0 Å². The Hall–Kier alpha value is -1.38. The molecule has 2 rings (SSSR count). The first-order valence-electron chi connectivity index (χ1n) is 5.77. The van der Waals surface area contributed by atoms with Crippen LogP contribution in [0.1, 0.15) is 28.3 Å². The van der Waals surface area contributed by atoms with E-state index in [-0.39, 0.29) is 11.9 Å². The molecule has 94 valence electrons. The summed E-state index contributed by atoms with van der Waals surface area (Å²) in [5.41, 5.74) is 9.81. The Morgan fingerprint density at radius 3 is 2.44 bits per heavy atom. The Labute approximate surface area is 111 Å². The third-order valence-electron chi connectivity index (χ3n) is 3.12. The van der Waals surface area contributed by atoms with Crippen LogP contribution in [0.25, 0.3) is 0 Å². The van der Waals surface area contributed by atoms with Crippen LogP contribution < -0.4 is 5.73 Å². The number of benzene rings is 2. The van der Waals surface area contributed by atoms with Gasteiger partial charge in [-0.1, -0.05) is 35.9 Å². The molecule has 0 saturated carbocycles. The van der Waals surface area contributed by atoms with Gasteiger partial charge in [-0.3, -0.25) is 0 Å². The van der Waals surface area contributed by atoms with Crippen LogP contribution in [0.15, 0.2) is 36.4 Å². The minimum Gasteiger partial charge on any atom is -0.320 e. The SMILES string of the molecule is Cc1cc(F)ccc1C(N)c1cccc(C)c1Cl. The van der Waals surface area contributed by atoms with Crippen molar-refractivity contribution in [3.63, 3.8) is 0 Å². The summed E-state index contributed by atoms with van der Waals surface area (Å²) < 4.78 is 13.1. The molecule has 0 saturated heterocycles. The predicted molar refractivity (Wildman–Crippen MR) is 73.4 cm³/mol. The topological polar surface area (TPSA) is 26.0 Å². The van der Waals surface area contributed by atoms with E-state index in [4.69, 9.17) is 17.3 Å². The van der Waals surface area contributed by atoms with Gasteiger partial charge >= 0.3 is 0 Å². The fourth-order valence-corrected chi connectivity index (χ4v) is 2.31. The Bertz CT molecular complexity index is 581. The van der Waals surface area contributed by atoms with E-state index in [9.17, 15) is 4.39 Å². The molecule has 1 unspecified atom stereocenters. The Kier molecular flexibility index (Phi) is 3.69. The monoisotopic (exact) mass is 263 g/mol. The van der Waals surface area contributed by atoms with Gasteiger partial charge in [0, 0.05) is 5.02 Å². The Balaban J connectivity index is 2.48. The van der Waals surface area contributed by atoms with Gasteiger partial charge in [-0.25, -0.2) is 4.39 Å². The van der Waals surface area contributed by atoms with Crippen LogP contribution in [-0.4, -0.2) is 0 Å². The quantitative estimate of drug-likeness (QED) is 0.866. The molecule has 18 heavy (non-hydrogen) atoms. The molecule has 2 aromatic carbocycles. The first kappa shape index (κ1) is 13.1. The second-order valence-electron chi connectivity index (χ2n) is 4.46. The van der Waals surface area contributed by atoms with Crippen LogP contribution in [-0.2, 0) is 0 Å². The molecule has 0 heterocycles. The van der Waals surface area contributed by atoms with Gasteiger partial charge in [0.05, 0.1) is 6.04 Å². The Morgan fingerprint density at radius 1 is 1.06 bits per heavy atom. The maximum Gasteiger partial charge on any atom is 0.123 e. The standard InChI is InChI=1S/C15H15ClFN/c1-9-4-3-5-13(14(9)16)15(18)12-7-6-11(17)8-10(12)2/h3-8,15H,18H2,1-2H3. The zero-order valence-corrected chi connectivity index (χ0v) is 11.1. The number of aryl methyl sites for hydroxylation is 2. The largest absolute Gasteiger partial charge is 0.320 e. The van der Waals surface area contributed by atoms with Crippen LogP contribution in [0, 0.1) is 19.7 Å². The first-order valence-corrected chi connectivity index (χ1v) is 6.15. The van der Waals surface area contributed by atoms with Crippen molar-refractivity contribution in [2.24, 2.45) is 5.73 Å². The molecule has 0 radical (unpaired) electrons. The second kappa shape index (κ2) is 5.09. The van der Waals surface area contributed by atoms with Crippen molar-refractivity contribution in [1.82, 2.24) is 0 Å². The zero-order valence-electron chi connectivity index (χ0n) is 10.4. The van der Waals surface area contributed by atoms with Gasteiger partial charge in [-0.05, 0) is 48.2 Å². The molecule has 0 bridgehead atoms. The molecule has 3 heteroatoms. The number of rotatable bonds is 2. The molecule has 0 aliphatic heterocycles. The highest BCUT2D eigenvalue weighted by atomic mass is 35.5. The molecule has 0 aliphatic rings.